The van der Waals surface area contributed by atoms with Crippen molar-refractivity contribution in [3.05, 3.63) is 11.8 Å². The number of aromatic nitrogens is 3. The number of rotatable bonds is 3. The van der Waals surface area contributed by atoms with Crippen LogP contribution < -0.4 is 10.2 Å². The summed E-state index contributed by atoms with van der Waals surface area (Å²) in [7, 11) is 0. The van der Waals surface area contributed by atoms with Crippen molar-refractivity contribution in [3.8, 4) is 0 Å². The largest absolute Gasteiger partial charge is 0.367 e. The third-order valence-corrected chi connectivity index (χ3v) is 3.42. The summed E-state index contributed by atoms with van der Waals surface area (Å²) in [4.78, 5) is 15.0. The molecule has 0 radical (unpaired) electrons. The van der Waals surface area contributed by atoms with E-state index in [-0.39, 0.29) is 0 Å². The van der Waals surface area contributed by atoms with Crippen LogP contribution in [-0.2, 0) is 0 Å². The zero-order chi connectivity index (χ0) is 13.4. The maximum atomic E-state index is 4.72. The first-order valence-electron chi connectivity index (χ1n) is 7.02. The third kappa shape index (κ3) is 2.37. The Balaban J connectivity index is 2.08. The highest BCUT2D eigenvalue weighted by Gasteiger charge is 2.18. The predicted octanol–water partition coefficient (Wildman–Crippen LogP) is 2.69. The highest BCUT2D eigenvalue weighted by atomic mass is 15.3. The van der Waals surface area contributed by atoms with E-state index in [2.05, 4.69) is 47.0 Å². The zero-order valence-electron chi connectivity index (χ0n) is 11.8. The molecule has 0 aliphatic carbocycles. The molecule has 1 aliphatic heterocycles. The second-order valence-electron chi connectivity index (χ2n) is 5.58. The van der Waals surface area contributed by atoms with Crippen LogP contribution >= 0.6 is 0 Å². The van der Waals surface area contributed by atoms with Gasteiger partial charge in [-0.2, -0.15) is 9.97 Å². The molecule has 2 aromatic rings. The van der Waals surface area contributed by atoms with Crippen LogP contribution in [0.2, 0.25) is 0 Å². The summed E-state index contributed by atoms with van der Waals surface area (Å²) >= 11 is 0. The Kier molecular flexibility index (Phi) is 3.05. The average Bonchev–Trinajstić information content (AvgIpc) is 2.95. The molecule has 3 rings (SSSR count). The van der Waals surface area contributed by atoms with Crippen molar-refractivity contribution in [1.29, 1.82) is 0 Å². The van der Waals surface area contributed by atoms with E-state index in [4.69, 9.17) is 4.98 Å². The van der Waals surface area contributed by atoms with Gasteiger partial charge in [0.1, 0.15) is 11.5 Å². The SMILES string of the molecule is Cc1cc2c(NC(C)C)nc(N3CCCC3)nc2[nH]1. The number of fused-ring (bicyclic) bond motifs is 1. The van der Waals surface area contributed by atoms with Crippen LogP contribution in [0.5, 0.6) is 0 Å². The average molecular weight is 259 g/mol. The van der Waals surface area contributed by atoms with E-state index in [1.165, 1.54) is 12.8 Å². The van der Waals surface area contributed by atoms with Gasteiger partial charge in [0.25, 0.3) is 0 Å². The molecule has 0 amide bonds. The smallest absolute Gasteiger partial charge is 0.229 e. The Morgan fingerprint density at radius 2 is 2.00 bits per heavy atom. The van der Waals surface area contributed by atoms with Gasteiger partial charge in [-0.25, -0.2) is 0 Å². The van der Waals surface area contributed by atoms with Crippen LogP contribution in [0.4, 0.5) is 11.8 Å². The molecule has 0 saturated carbocycles. The minimum atomic E-state index is 0.361. The molecule has 0 spiro atoms. The number of H-pyrrole nitrogens is 1. The van der Waals surface area contributed by atoms with E-state index in [0.717, 1.165) is 41.6 Å². The fourth-order valence-electron chi connectivity index (χ4n) is 2.57. The third-order valence-electron chi connectivity index (χ3n) is 3.42. The van der Waals surface area contributed by atoms with E-state index >= 15 is 0 Å². The van der Waals surface area contributed by atoms with Crippen LogP contribution in [0.1, 0.15) is 32.4 Å². The summed E-state index contributed by atoms with van der Waals surface area (Å²) < 4.78 is 0. The number of hydrogen-bond donors (Lipinski definition) is 2. The highest BCUT2D eigenvalue weighted by molar-refractivity contribution is 5.89. The molecule has 1 fully saturated rings. The molecule has 0 aromatic carbocycles. The van der Waals surface area contributed by atoms with Crippen LogP contribution in [0.25, 0.3) is 11.0 Å². The van der Waals surface area contributed by atoms with Crippen molar-refractivity contribution in [2.45, 2.75) is 39.7 Å². The van der Waals surface area contributed by atoms with Gasteiger partial charge in [-0.15, -0.1) is 0 Å². The normalized spacial score (nSPS) is 15.7. The summed E-state index contributed by atoms with van der Waals surface area (Å²) in [5, 5.41) is 4.51. The topological polar surface area (TPSA) is 56.8 Å². The molecule has 3 heterocycles. The summed E-state index contributed by atoms with van der Waals surface area (Å²) in [6.07, 6.45) is 2.47. The van der Waals surface area contributed by atoms with Crippen LogP contribution in [0.15, 0.2) is 6.07 Å². The summed E-state index contributed by atoms with van der Waals surface area (Å²) in [6.45, 7) is 8.43. The number of nitrogens with zero attached hydrogens (tertiary/aromatic N) is 3. The quantitative estimate of drug-likeness (QED) is 0.889. The summed E-state index contributed by atoms with van der Waals surface area (Å²) in [5.41, 5.74) is 2.05. The standard InChI is InChI=1S/C14H21N5/c1-9(2)15-12-11-8-10(3)16-13(11)18-14(17-12)19-6-4-5-7-19/h8-9H,4-7H2,1-3H3,(H2,15,16,17,18). The fourth-order valence-corrected chi connectivity index (χ4v) is 2.57. The van der Waals surface area contributed by atoms with Crippen molar-refractivity contribution in [2.75, 3.05) is 23.3 Å². The molecule has 0 bridgehead atoms. The number of aryl methyl sites for hydroxylation is 1. The maximum Gasteiger partial charge on any atom is 0.229 e. The van der Waals surface area contributed by atoms with Gasteiger partial charge < -0.3 is 15.2 Å². The molecule has 0 unspecified atom stereocenters. The van der Waals surface area contributed by atoms with Gasteiger partial charge in [0.05, 0.1) is 5.39 Å². The molecule has 5 heteroatoms. The monoisotopic (exact) mass is 259 g/mol. The second kappa shape index (κ2) is 4.72. The van der Waals surface area contributed by atoms with Crippen molar-refractivity contribution in [1.82, 2.24) is 15.0 Å². The van der Waals surface area contributed by atoms with E-state index in [0.29, 0.717) is 6.04 Å². The van der Waals surface area contributed by atoms with E-state index in [1.807, 2.05) is 0 Å². The minimum absolute atomic E-state index is 0.361. The molecule has 2 aromatic heterocycles. The predicted molar refractivity (Wildman–Crippen MR) is 78.8 cm³/mol. The van der Waals surface area contributed by atoms with E-state index in [9.17, 15) is 0 Å². The Hall–Kier alpha value is -1.78. The van der Waals surface area contributed by atoms with E-state index in [1.54, 1.807) is 0 Å². The summed E-state index contributed by atoms with van der Waals surface area (Å²) in [5.74, 6) is 1.78. The lowest BCUT2D eigenvalue weighted by Crippen LogP contribution is -2.21. The molecule has 2 N–H and O–H groups in total. The van der Waals surface area contributed by atoms with Crippen LogP contribution in [0, 0.1) is 6.92 Å². The number of hydrogen-bond acceptors (Lipinski definition) is 4. The lowest BCUT2D eigenvalue weighted by Gasteiger charge is -2.17. The molecule has 1 aliphatic rings. The van der Waals surface area contributed by atoms with Crippen molar-refractivity contribution >= 4 is 22.8 Å². The zero-order valence-corrected chi connectivity index (χ0v) is 11.8. The lowest BCUT2D eigenvalue weighted by molar-refractivity contribution is 0.872. The molecule has 0 atom stereocenters. The molecule has 5 nitrogen and oxygen atoms in total. The van der Waals surface area contributed by atoms with Gasteiger partial charge in [-0.1, -0.05) is 0 Å². The van der Waals surface area contributed by atoms with Crippen molar-refractivity contribution in [2.24, 2.45) is 0 Å². The van der Waals surface area contributed by atoms with Crippen LogP contribution in [-0.4, -0.2) is 34.1 Å². The van der Waals surface area contributed by atoms with Crippen LogP contribution in [0.3, 0.4) is 0 Å². The molecular formula is C14H21N5. The molecular weight excluding hydrogens is 238 g/mol. The Bertz CT molecular complexity index is 581. The fraction of sp³-hybridized carbons (Fsp3) is 0.571. The highest BCUT2D eigenvalue weighted by Crippen LogP contribution is 2.26. The molecule has 19 heavy (non-hydrogen) atoms. The Labute approximate surface area is 113 Å². The first kappa shape index (κ1) is 12.3. The first-order valence-corrected chi connectivity index (χ1v) is 7.02. The van der Waals surface area contributed by atoms with Gasteiger partial charge in [0.15, 0.2) is 0 Å². The number of nitrogens with one attached hydrogen (secondary N) is 2. The van der Waals surface area contributed by atoms with E-state index < -0.39 is 0 Å². The van der Waals surface area contributed by atoms with Gasteiger partial charge in [0, 0.05) is 24.8 Å². The molecule has 102 valence electrons. The molecule has 1 saturated heterocycles. The van der Waals surface area contributed by atoms with Gasteiger partial charge in [-0.05, 0) is 39.7 Å². The number of aromatic amines is 1. The summed E-state index contributed by atoms with van der Waals surface area (Å²) in [6, 6.07) is 2.47. The second-order valence-corrected chi connectivity index (χ2v) is 5.58. The number of anilines is 2. The van der Waals surface area contributed by atoms with Gasteiger partial charge >= 0.3 is 0 Å². The van der Waals surface area contributed by atoms with Crippen molar-refractivity contribution < 1.29 is 0 Å². The lowest BCUT2D eigenvalue weighted by atomic mass is 10.3. The van der Waals surface area contributed by atoms with Gasteiger partial charge in [0.2, 0.25) is 5.95 Å². The maximum absolute atomic E-state index is 4.72. The Morgan fingerprint density at radius 3 is 2.68 bits per heavy atom. The van der Waals surface area contributed by atoms with Gasteiger partial charge in [-0.3, -0.25) is 0 Å². The first-order chi connectivity index (χ1) is 9.13. The minimum Gasteiger partial charge on any atom is -0.367 e. The Morgan fingerprint density at radius 1 is 1.26 bits per heavy atom. The van der Waals surface area contributed by atoms with Crippen molar-refractivity contribution in [3.63, 3.8) is 0 Å².